The van der Waals surface area contributed by atoms with E-state index >= 15 is 0 Å². The highest BCUT2D eigenvalue weighted by Gasteiger charge is 2.14. The summed E-state index contributed by atoms with van der Waals surface area (Å²) in [6.45, 7) is 2.86. The third-order valence-electron chi connectivity index (χ3n) is 3.33. The summed E-state index contributed by atoms with van der Waals surface area (Å²) in [7, 11) is 0. The number of hydrogen-bond donors (Lipinski definition) is 1. The van der Waals surface area contributed by atoms with Crippen LogP contribution in [0.2, 0.25) is 0 Å². The average Bonchev–Trinajstić information content (AvgIpc) is 2.89. The van der Waals surface area contributed by atoms with E-state index in [4.69, 9.17) is 15.2 Å². The Kier molecular flexibility index (Phi) is 3.91. The van der Waals surface area contributed by atoms with Crippen LogP contribution in [0.3, 0.4) is 0 Å². The zero-order chi connectivity index (χ0) is 13.1. The highest BCUT2D eigenvalue weighted by Crippen LogP contribution is 2.23. The van der Waals surface area contributed by atoms with Crippen molar-refractivity contribution >= 4 is 27.4 Å². The third-order valence-corrected chi connectivity index (χ3v) is 4.13. The molecule has 0 aliphatic carbocycles. The van der Waals surface area contributed by atoms with Crippen LogP contribution in [0.4, 0.5) is 5.82 Å². The van der Waals surface area contributed by atoms with E-state index in [2.05, 4.69) is 9.97 Å². The van der Waals surface area contributed by atoms with Crippen LogP contribution in [0, 0.1) is 5.92 Å². The van der Waals surface area contributed by atoms with Crippen LogP contribution in [-0.2, 0) is 16.1 Å². The van der Waals surface area contributed by atoms with Gasteiger partial charge < -0.3 is 15.2 Å². The van der Waals surface area contributed by atoms with Crippen LogP contribution in [0.5, 0.6) is 0 Å². The van der Waals surface area contributed by atoms with Crippen molar-refractivity contribution in [2.24, 2.45) is 5.92 Å². The molecule has 1 saturated heterocycles. The highest BCUT2D eigenvalue weighted by atomic mass is 32.1. The van der Waals surface area contributed by atoms with Gasteiger partial charge in [-0.3, -0.25) is 0 Å². The minimum Gasteiger partial charge on any atom is -0.383 e. The molecule has 1 fully saturated rings. The minimum absolute atomic E-state index is 0.426. The number of rotatable bonds is 4. The van der Waals surface area contributed by atoms with E-state index in [9.17, 15) is 0 Å². The molecule has 0 radical (unpaired) electrons. The number of hydrogen-bond acceptors (Lipinski definition) is 6. The van der Waals surface area contributed by atoms with Gasteiger partial charge in [0.2, 0.25) is 0 Å². The first kappa shape index (κ1) is 12.8. The molecule has 2 aromatic rings. The maximum atomic E-state index is 5.90. The van der Waals surface area contributed by atoms with E-state index < -0.39 is 0 Å². The van der Waals surface area contributed by atoms with Crippen molar-refractivity contribution in [3.05, 3.63) is 17.3 Å². The van der Waals surface area contributed by atoms with Crippen LogP contribution >= 0.6 is 11.3 Å². The van der Waals surface area contributed by atoms with Crippen molar-refractivity contribution < 1.29 is 9.47 Å². The zero-order valence-electron chi connectivity index (χ0n) is 10.7. The molecule has 0 bridgehead atoms. The maximum Gasteiger partial charge on any atom is 0.158 e. The number of anilines is 1. The van der Waals surface area contributed by atoms with Gasteiger partial charge in [-0.2, -0.15) is 0 Å². The lowest BCUT2D eigenvalue weighted by Crippen LogP contribution is -2.20. The molecular weight excluding hydrogens is 262 g/mol. The molecule has 6 heteroatoms. The Balaban J connectivity index is 1.58. The zero-order valence-corrected chi connectivity index (χ0v) is 11.5. The number of nitrogens with zero attached hydrogens (tertiary/aromatic N) is 2. The maximum absolute atomic E-state index is 5.90. The summed E-state index contributed by atoms with van der Waals surface area (Å²) in [6.07, 6.45) is 2.15. The Morgan fingerprint density at radius 2 is 2.21 bits per heavy atom. The van der Waals surface area contributed by atoms with E-state index in [1.165, 1.54) is 0 Å². The fraction of sp³-hybridized carbons (Fsp3) is 0.538. The lowest BCUT2D eigenvalue weighted by molar-refractivity contribution is 0.0143. The van der Waals surface area contributed by atoms with Crippen LogP contribution in [0.1, 0.15) is 18.7 Å². The number of ether oxygens (including phenoxy) is 2. The fourth-order valence-corrected chi connectivity index (χ4v) is 3.01. The van der Waals surface area contributed by atoms with E-state index in [-0.39, 0.29) is 0 Å². The van der Waals surface area contributed by atoms with E-state index in [0.717, 1.165) is 42.9 Å². The number of nitrogens with two attached hydrogens (primary N) is 1. The summed E-state index contributed by atoms with van der Waals surface area (Å²) in [5.41, 5.74) is 5.90. The molecule has 0 atom stereocenters. The smallest absolute Gasteiger partial charge is 0.158 e. The monoisotopic (exact) mass is 279 g/mol. The van der Waals surface area contributed by atoms with Crippen molar-refractivity contribution in [2.75, 3.05) is 25.6 Å². The lowest BCUT2D eigenvalue weighted by Gasteiger charge is -2.21. The SMILES string of the molecule is Nc1nc(COCC2CCOCC2)nc2sccc12. The van der Waals surface area contributed by atoms with Gasteiger partial charge in [0.25, 0.3) is 0 Å². The summed E-state index contributed by atoms with van der Waals surface area (Å²) in [5.74, 6) is 1.80. The van der Waals surface area contributed by atoms with Gasteiger partial charge in [-0.05, 0) is 30.2 Å². The molecule has 102 valence electrons. The van der Waals surface area contributed by atoms with Crippen LogP contribution in [0.25, 0.3) is 10.2 Å². The summed E-state index contributed by atoms with van der Waals surface area (Å²) in [5, 5.41) is 2.90. The summed E-state index contributed by atoms with van der Waals surface area (Å²) in [4.78, 5) is 9.66. The fourth-order valence-electron chi connectivity index (χ4n) is 2.22. The summed E-state index contributed by atoms with van der Waals surface area (Å²) >= 11 is 1.57. The van der Waals surface area contributed by atoms with Gasteiger partial charge >= 0.3 is 0 Å². The van der Waals surface area contributed by atoms with Crippen molar-refractivity contribution in [1.82, 2.24) is 9.97 Å². The van der Waals surface area contributed by atoms with Crippen molar-refractivity contribution in [3.63, 3.8) is 0 Å². The first-order valence-corrected chi connectivity index (χ1v) is 7.36. The largest absolute Gasteiger partial charge is 0.383 e. The van der Waals surface area contributed by atoms with Gasteiger partial charge in [-0.15, -0.1) is 11.3 Å². The van der Waals surface area contributed by atoms with Gasteiger partial charge in [-0.1, -0.05) is 0 Å². The predicted molar refractivity (Wildman–Crippen MR) is 75.0 cm³/mol. The Hall–Kier alpha value is -1.24. The molecule has 3 heterocycles. The standard InChI is InChI=1S/C13H17N3O2S/c14-12-10-3-6-19-13(10)16-11(15-12)8-18-7-9-1-4-17-5-2-9/h3,6,9H,1-2,4-5,7-8H2,(H2,14,15,16). The lowest BCUT2D eigenvalue weighted by atomic mass is 10.0. The average molecular weight is 279 g/mol. The van der Waals surface area contributed by atoms with E-state index in [1.807, 2.05) is 11.4 Å². The summed E-state index contributed by atoms with van der Waals surface area (Å²) < 4.78 is 11.0. The molecule has 1 aliphatic heterocycles. The van der Waals surface area contributed by atoms with Gasteiger partial charge in [0.15, 0.2) is 5.82 Å². The number of aromatic nitrogens is 2. The molecule has 0 unspecified atom stereocenters. The van der Waals surface area contributed by atoms with Gasteiger partial charge in [-0.25, -0.2) is 9.97 Å². The third kappa shape index (κ3) is 3.02. The first-order valence-electron chi connectivity index (χ1n) is 6.48. The number of fused-ring (bicyclic) bond motifs is 1. The minimum atomic E-state index is 0.426. The second kappa shape index (κ2) is 5.81. The van der Waals surface area contributed by atoms with Crippen molar-refractivity contribution in [2.45, 2.75) is 19.4 Å². The molecule has 0 spiro atoms. The Bertz CT molecular complexity index is 552. The second-order valence-electron chi connectivity index (χ2n) is 4.74. The summed E-state index contributed by atoms with van der Waals surface area (Å²) in [6, 6.07) is 1.95. The molecule has 3 rings (SSSR count). The van der Waals surface area contributed by atoms with Crippen molar-refractivity contribution in [1.29, 1.82) is 0 Å². The Morgan fingerprint density at radius 1 is 1.37 bits per heavy atom. The first-order chi connectivity index (χ1) is 9.33. The molecule has 2 N–H and O–H groups in total. The van der Waals surface area contributed by atoms with Crippen LogP contribution < -0.4 is 5.73 Å². The molecule has 2 aromatic heterocycles. The van der Waals surface area contributed by atoms with Gasteiger partial charge in [0, 0.05) is 13.2 Å². The van der Waals surface area contributed by atoms with Crippen LogP contribution in [-0.4, -0.2) is 29.8 Å². The van der Waals surface area contributed by atoms with E-state index in [0.29, 0.717) is 24.2 Å². The highest BCUT2D eigenvalue weighted by molar-refractivity contribution is 7.16. The second-order valence-corrected chi connectivity index (χ2v) is 5.63. The molecule has 0 saturated carbocycles. The molecule has 5 nitrogen and oxygen atoms in total. The molecule has 0 amide bonds. The Labute approximate surface area is 115 Å². The van der Waals surface area contributed by atoms with Gasteiger partial charge in [0.1, 0.15) is 17.3 Å². The molecule has 1 aliphatic rings. The number of nitrogen functional groups attached to an aromatic ring is 1. The molecule has 0 aromatic carbocycles. The topological polar surface area (TPSA) is 70.3 Å². The van der Waals surface area contributed by atoms with Gasteiger partial charge in [0.05, 0.1) is 12.0 Å². The Morgan fingerprint density at radius 3 is 3.05 bits per heavy atom. The van der Waals surface area contributed by atoms with E-state index in [1.54, 1.807) is 11.3 Å². The molecule has 19 heavy (non-hydrogen) atoms. The van der Waals surface area contributed by atoms with Crippen LogP contribution in [0.15, 0.2) is 11.4 Å². The normalized spacial score (nSPS) is 17.1. The number of thiophene rings is 1. The molecular formula is C13H17N3O2S. The van der Waals surface area contributed by atoms with Crippen molar-refractivity contribution in [3.8, 4) is 0 Å². The quantitative estimate of drug-likeness (QED) is 0.929. The predicted octanol–water partition coefficient (Wildman–Crippen LogP) is 2.22.